The Kier molecular flexibility index (Phi) is 7.81. The van der Waals surface area contributed by atoms with Gasteiger partial charge in [0, 0.05) is 26.2 Å². The molecular weight excluding hydrogens is 418 g/mol. The van der Waals surface area contributed by atoms with Crippen LogP contribution in [-0.2, 0) is 11.3 Å². The zero-order valence-electron chi connectivity index (χ0n) is 18.9. The summed E-state index contributed by atoms with van der Waals surface area (Å²) in [5.41, 5.74) is 3.25. The lowest BCUT2D eigenvalue weighted by Crippen LogP contribution is -2.27. The highest BCUT2D eigenvalue weighted by molar-refractivity contribution is 6.09. The van der Waals surface area contributed by atoms with E-state index in [4.69, 9.17) is 4.74 Å². The summed E-state index contributed by atoms with van der Waals surface area (Å²) in [4.78, 5) is 38.7. The van der Waals surface area contributed by atoms with Gasteiger partial charge in [-0.25, -0.2) is 0 Å². The molecule has 0 aliphatic carbocycles. The number of aryl methyl sites for hydroxylation is 1. The first-order valence-corrected chi connectivity index (χ1v) is 10.5. The molecule has 3 amide bonds. The minimum atomic E-state index is -0.391. The maximum atomic E-state index is 12.8. The van der Waals surface area contributed by atoms with Crippen molar-refractivity contribution in [3.8, 4) is 5.75 Å². The van der Waals surface area contributed by atoms with Gasteiger partial charge in [-0.2, -0.15) is 0 Å². The number of nitrogens with one attached hydrogen (secondary N) is 2. The van der Waals surface area contributed by atoms with Gasteiger partial charge in [0.25, 0.3) is 17.7 Å². The number of rotatable bonds is 8. The second-order valence-electron chi connectivity index (χ2n) is 7.77. The molecule has 0 atom stereocenters. The summed E-state index contributed by atoms with van der Waals surface area (Å²) in [6, 6.07) is 21.3. The third kappa shape index (κ3) is 6.67. The van der Waals surface area contributed by atoms with E-state index in [-0.39, 0.29) is 18.4 Å². The third-order valence-electron chi connectivity index (χ3n) is 4.95. The number of amides is 3. The van der Waals surface area contributed by atoms with Crippen molar-refractivity contribution in [3.63, 3.8) is 0 Å². The van der Waals surface area contributed by atoms with E-state index in [0.717, 1.165) is 11.1 Å². The Morgan fingerprint density at radius 2 is 1.61 bits per heavy atom. The summed E-state index contributed by atoms with van der Waals surface area (Å²) >= 11 is 0. The number of carbonyl (C=O) groups excluding carboxylic acids is 3. The largest absolute Gasteiger partial charge is 0.484 e. The smallest absolute Gasteiger partial charge is 0.259 e. The highest BCUT2D eigenvalue weighted by Crippen LogP contribution is 2.19. The van der Waals surface area contributed by atoms with Crippen LogP contribution in [-0.4, -0.2) is 43.3 Å². The molecule has 3 aromatic rings. The molecule has 2 N–H and O–H groups in total. The quantitative estimate of drug-likeness (QED) is 0.554. The minimum Gasteiger partial charge on any atom is -0.484 e. The van der Waals surface area contributed by atoms with Gasteiger partial charge in [0.2, 0.25) is 0 Å². The van der Waals surface area contributed by atoms with Gasteiger partial charge in [0.05, 0.1) is 11.3 Å². The van der Waals surface area contributed by atoms with Crippen molar-refractivity contribution in [2.75, 3.05) is 26.0 Å². The first-order valence-electron chi connectivity index (χ1n) is 10.5. The fourth-order valence-electron chi connectivity index (χ4n) is 2.97. The lowest BCUT2D eigenvalue weighted by molar-refractivity contribution is -0.130. The molecular formula is C26H27N3O4. The van der Waals surface area contributed by atoms with Gasteiger partial charge in [-0.05, 0) is 42.8 Å². The van der Waals surface area contributed by atoms with Crippen LogP contribution in [0, 0.1) is 6.92 Å². The molecule has 7 heteroatoms. The van der Waals surface area contributed by atoms with Crippen LogP contribution in [0.5, 0.6) is 5.75 Å². The normalized spacial score (nSPS) is 10.3. The molecule has 3 rings (SSSR count). The molecule has 0 saturated carbocycles. The number of likely N-dealkylation sites (N-methyl/N-ethyl adjacent to an activating group) is 1. The first kappa shape index (κ1) is 23.5. The summed E-state index contributed by atoms with van der Waals surface area (Å²) in [5, 5.41) is 5.68. The summed E-state index contributed by atoms with van der Waals surface area (Å²) in [5.74, 6) is -0.457. The fraction of sp³-hybridized carbons (Fsp3) is 0.192. The summed E-state index contributed by atoms with van der Waals surface area (Å²) in [6.07, 6.45) is 0. The molecule has 33 heavy (non-hydrogen) atoms. The third-order valence-corrected chi connectivity index (χ3v) is 4.95. The number of hydrogen-bond acceptors (Lipinski definition) is 4. The highest BCUT2D eigenvalue weighted by Gasteiger charge is 2.15. The van der Waals surface area contributed by atoms with Crippen LogP contribution in [0.2, 0.25) is 0 Å². The van der Waals surface area contributed by atoms with Gasteiger partial charge in [-0.3, -0.25) is 14.4 Å². The van der Waals surface area contributed by atoms with Crippen molar-refractivity contribution in [3.05, 3.63) is 95.1 Å². The molecule has 0 aromatic heterocycles. The zero-order valence-corrected chi connectivity index (χ0v) is 18.9. The van der Waals surface area contributed by atoms with Crippen LogP contribution in [0.3, 0.4) is 0 Å². The Labute approximate surface area is 193 Å². The van der Waals surface area contributed by atoms with Crippen LogP contribution in [0.4, 0.5) is 5.69 Å². The molecule has 0 saturated heterocycles. The maximum Gasteiger partial charge on any atom is 0.259 e. The van der Waals surface area contributed by atoms with Crippen LogP contribution in [0.15, 0.2) is 72.8 Å². The molecule has 0 fully saturated rings. The molecule has 0 spiro atoms. The van der Waals surface area contributed by atoms with Crippen LogP contribution in [0.1, 0.15) is 31.8 Å². The topological polar surface area (TPSA) is 87.7 Å². The average Bonchev–Trinajstić information content (AvgIpc) is 2.82. The van der Waals surface area contributed by atoms with Gasteiger partial charge in [0.15, 0.2) is 6.61 Å². The molecule has 0 unspecified atom stereocenters. The van der Waals surface area contributed by atoms with Gasteiger partial charge < -0.3 is 20.3 Å². The lowest BCUT2D eigenvalue weighted by atomic mass is 10.1. The number of para-hydroxylation sites is 1. The average molecular weight is 446 g/mol. The predicted molar refractivity (Wildman–Crippen MR) is 127 cm³/mol. The summed E-state index contributed by atoms with van der Waals surface area (Å²) < 4.78 is 5.48. The van der Waals surface area contributed by atoms with Crippen molar-refractivity contribution in [2.24, 2.45) is 0 Å². The number of benzene rings is 3. The van der Waals surface area contributed by atoms with Crippen molar-refractivity contribution < 1.29 is 19.1 Å². The van der Waals surface area contributed by atoms with E-state index < -0.39 is 5.91 Å². The van der Waals surface area contributed by atoms with E-state index >= 15 is 0 Å². The second-order valence-corrected chi connectivity index (χ2v) is 7.77. The molecule has 7 nitrogen and oxygen atoms in total. The van der Waals surface area contributed by atoms with E-state index in [1.54, 1.807) is 62.6 Å². The number of nitrogens with zero attached hydrogens (tertiary/aromatic N) is 1. The molecule has 0 radical (unpaired) electrons. The summed E-state index contributed by atoms with van der Waals surface area (Å²) in [7, 11) is 3.29. The first-order chi connectivity index (χ1) is 15.8. The summed E-state index contributed by atoms with van der Waals surface area (Å²) in [6.45, 7) is 2.26. The standard InChI is InChI=1S/C26H27N3O4/c1-18-11-13-19(14-12-18)16-27-26(32)22-9-4-5-10-23(22)28-25(31)20-7-6-8-21(15-20)33-17-24(30)29(2)3/h4-15H,16-17H2,1-3H3,(H,27,32)(H,28,31). The lowest BCUT2D eigenvalue weighted by Gasteiger charge is -2.13. The molecule has 3 aromatic carbocycles. The van der Waals surface area contributed by atoms with Crippen molar-refractivity contribution in [1.29, 1.82) is 0 Å². The van der Waals surface area contributed by atoms with E-state index in [2.05, 4.69) is 10.6 Å². The van der Waals surface area contributed by atoms with Crippen molar-refractivity contribution in [2.45, 2.75) is 13.5 Å². The monoisotopic (exact) mass is 445 g/mol. The minimum absolute atomic E-state index is 0.123. The van der Waals surface area contributed by atoms with Gasteiger partial charge >= 0.3 is 0 Å². The fourth-order valence-corrected chi connectivity index (χ4v) is 2.97. The number of ether oxygens (including phenoxy) is 1. The van der Waals surface area contributed by atoms with E-state index in [9.17, 15) is 14.4 Å². The predicted octanol–water partition coefficient (Wildman–Crippen LogP) is 3.64. The van der Waals surface area contributed by atoms with E-state index in [1.165, 1.54) is 4.90 Å². The Bertz CT molecular complexity index is 1140. The van der Waals surface area contributed by atoms with Crippen LogP contribution in [0.25, 0.3) is 0 Å². The Morgan fingerprint density at radius 3 is 2.33 bits per heavy atom. The number of anilines is 1. The van der Waals surface area contributed by atoms with Gasteiger partial charge in [0.1, 0.15) is 5.75 Å². The molecule has 0 aliphatic rings. The van der Waals surface area contributed by atoms with Crippen LogP contribution >= 0.6 is 0 Å². The van der Waals surface area contributed by atoms with E-state index in [0.29, 0.717) is 29.1 Å². The molecule has 170 valence electrons. The van der Waals surface area contributed by atoms with Gasteiger partial charge in [-0.1, -0.05) is 48.0 Å². The molecule has 0 heterocycles. The van der Waals surface area contributed by atoms with Gasteiger partial charge in [-0.15, -0.1) is 0 Å². The highest BCUT2D eigenvalue weighted by atomic mass is 16.5. The Hall–Kier alpha value is -4.13. The maximum absolute atomic E-state index is 12.8. The van der Waals surface area contributed by atoms with E-state index in [1.807, 2.05) is 31.2 Å². The molecule has 0 aliphatic heterocycles. The van der Waals surface area contributed by atoms with Crippen molar-refractivity contribution in [1.82, 2.24) is 10.2 Å². The Morgan fingerprint density at radius 1 is 0.879 bits per heavy atom. The SMILES string of the molecule is Cc1ccc(CNC(=O)c2ccccc2NC(=O)c2cccc(OCC(=O)N(C)C)c2)cc1. The molecule has 0 bridgehead atoms. The number of hydrogen-bond donors (Lipinski definition) is 2. The van der Waals surface area contributed by atoms with Crippen molar-refractivity contribution >= 4 is 23.4 Å². The van der Waals surface area contributed by atoms with Crippen LogP contribution < -0.4 is 15.4 Å². The Balaban J connectivity index is 1.67. The number of carbonyl (C=O) groups is 3. The zero-order chi connectivity index (χ0) is 23.8. The second kappa shape index (κ2) is 10.9.